The van der Waals surface area contributed by atoms with Gasteiger partial charge in [-0.15, -0.1) is 9.35 Å². The molecule has 8 heteroatoms. The molecule has 3 aliphatic heterocycles. The summed E-state index contributed by atoms with van der Waals surface area (Å²) in [6.07, 6.45) is 0.807. The second kappa shape index (κ2) is 4.86. The Bertz CT molecular complexity index is 759. The number of carbonyl (C=O) groups is 2. The van der Waals surface area contributed by atoms with Gasteiger partial charge in [-0.2, -0.15) is 8.42 Å². The normalized spacial score (nSPS) is 32.7. The monoisotopic (exact) mass is 337 g/mol. The third kappa shape index (κ3) is 2.13. The van der Waals surface area contributed by atoms with Gasteiger partial charge in [0.05, 0.1) is 28.9 Å². The van der Waals surface area contributed by atoms with E-state index in [2.05, 4.69) is 0 Å². The van der Waals surface area contributed by atoms with E-state index in [0.29, 0.717) is 17.9 Å². The lowest BCUT2D eigenvalue weighted by Crippen LogP contribution is -2.36. The lowest BCUT2D eigenvalue weighted by atomic mass is 9.81. The molecule has 4 rings (SSSR count). The molecule has 0 spiro atoms. The standard InChI is InChI=1S/C15H15NO6S/c1-8-2-4-9(5-3-8)23(19,20)22-16-14(17)12-10-6-7-11(21-10)13(12)15(16)18/h2-5,10-13H,6-7H2,1H3/t10-,11-,12-,13+/m0/s1. The van der Waals surface area contributed by atoms with Crippen molar-refractivity contribution in [2.45, 2.75) is 36.9 Å². The molecule has 2 amide bonds. The van der Waals surface area contributed by atoms with Crippen LogP contribution in [0.15, 0.2) is 29.2 Å². The van der Waals surface area contributed by atoms with Gasteiger partial charge in [0.1, 0.15) is 0 Å². The number of hydroxylamine groups is 2. The molecule has 7 nitrogen and oxygen atoms in total. The van der Waals surface area contributed by atoms with Crippen molar-refractivity contribution in [2.75, 3.05) is 0 Å². The van der Waals surface area contributed by atoms with E-state index in [1.54, 1.807) is 12.1 Å². The van der Waals surface area contributed by atoms with Gasteiger partial charge in [-0.3, -0.25) is 9.59 Å². The number of hydrogen-bond acceptors (Lipinski definition) is 6. The van der Waals surface area contributed by atoms with Gasteiger partial charge in [-0.05, 0) is 31.9 Å². The molecule has 3 heterocycles. The predicted octanol–water partition coefficient (Wildman–Crippen LogP) is 0.778. The van der Waals surface area contributed by atoms with Gasteiger partial charge in [-0.25, -0.2) is 0 Å². The molecule has 0 saturated carbocycles. The first-order valence-corrected chi connectivity index (χ1v) is 8.84. The molecule has 122 valence electrons. The Kier molecular flexibility index (Phi) is 3.13. The van der Waals surface area contributed by atoms with Crippen molar-refractivity contribution in [2.24, 2.45) is 11.8 Å². The molecule has 0 unspecified atom stereocenters. The van der Waals surface area contributed by atoms with E-state index in [0.717, 1.165) is 5.56 Å². The molecule has 23 heavy (non-hydrogen) atoms. The predicted molar refractivity (Wildman–Crippen MR) is 76.2 cm³/mol. The van der Waals surface area contributed by atoms with Crippen LogP contribution in [0.5, 0.6) is 0 Å². The number of fused-ring (bicyclic) bond motifs is 5. The SMILES string of the molecule is Cc1ccc(S(=O)(=O)ON2C(=O)[C@@H]3[C@H](C2=O)[C@@H]2CC[C@@H]3O2)cc1. The molecule has 0 N–H and O–H groups in total. The Balaban J connectivity index is 1.61. The molecule has 4 atom stereocenters. The van der Waals surface area contributed by atoms with Crippen LogP contribution in [-0.4, -0.2) is 37.5 Å². The molecule has 0 radical (unpaired) electrons. The Morgan fingerprint density at radius 1 is 1.04 bits per heavy atom. The average Bonchev–Trinajstić information content (AvgIpc) is 3.17. The van der Waals surface area contributed by atoms with Gasteiger partial charge >= 0.3 is 10.1 Å². The summed E-state index contributed by atoms with van der Waals surface area (Å²) in [5.41, 5.74) is 0.889. The second-order valence-electron chi connectivity index (χ2n) is 6.15. The summed E-state index contributed by atoms with van der Waals surface area (Å²) in [4.78, 5) is 24.7. The first kappa shape index (κ1) is 14.8. The van der Waals surface area contributed by atoms with Gasteiger partial charge in [0.25, 0.3) is 11.8 Å². The summed E-state index contributed by atoms with van der Waals surface area (Å²) in [5.74, 6) is -2.48. The number of hydrogen-bond donors (Lipinski definition) is 0. The van der Waals surface area contributed by atoms with Gasteiger partial charge < -0.3 is 4.74 Å². The molecule has 0 aliphatic carbocycles. The summed E-state index contributed by atoms with van der Waals surface area (Å²) in [6.45, 7) is 1.82. The fourth-order valence-electron chi connectivity index (χ4n) is 3.60. The summed E-state index contributed by atoms with van der Waals surface area (Å²) >= 11 is 0. The number of nitrogens with zero attached hydrogens (tertiary/aromatic N) is 1. The molecule has 3 aliphatic rings. The van der Waals surface area contributed by atoms with E-state index in [9.17, 15) is 18.0 Å². The van der Waals surface area contributed by atoms with E-state index in [4.69, 9.17) is 9.02 Å². The van der Waals surface area contributed by atoms with Crippen LogP contribution >= 0.6 is 0 Å². The maximum Gasteiger partial charge on any atom is 0.318 e. The minimum absolute atomic E-state index is 0.0972. The highest BCUT2D eigenvalue weighted by atomic mass is 32.2. The maximum atomic E-state index is 12.4. The number of imide groups is 1. The minimum Gasteiger partial charge on any atom is -0.373 e. The molecule has 1 aromatic rings. The van der Waals surface area contributed by atoms with Crippen LogP contribution in [0.3, 0.4) is 0 Å². The smallest absolute Gasteiger partial charge is 0.318 e. The van der Waals surface area contributed by atoms with Crippen molar-refractivity contribution in [1.82, 2.24) is 5.06 Å². The van der Waals surface area contributed by atoms with Crippen LogP contribution in [0, 0.1) is 18.8 Å². The molecular formula is C15H15NO6S. The van der Waals surface area contributed by atoms with Gasteiger partial charge in [-0.1, -0.05) is 17.7 Å². The Morgan fingerprint density at radius 3 is 2.09 bits per heavy atom. The number of ether oxygens (including phenoxy) is 1. The van der Waals surface area contributed by atoms with Crippen molar-refractivity contribution in [3.8, 4) is 0 Å². The van der Waals surface area contributed by atoms with Crippen LogP contribution in [0.2, 0.25) is 0 Å². The van der Waals surface area contributed by atoms with Gasteiger partial charge in [0.2, 0.25) is 0 Å². The lowest BCUT2D eigenvalue weighted by molar-refractivity contribution is -0.168. The first-order chi connectivity index (χ1) is 10.9. The summed E-state index contributed by atoms with van der Waals surface area (Å²) in [6, 6.07) is 5.99. The fraction of sp³-hybridized carbons (Fsp3) is 0.467. The van der Waals surface area contributed by atoms with Crippen molar-refractivity contribution in [3.05, 3.63) is 29.8 Å². The highest BCUT2D eigenvalue weighted by Gasteiger charge is 2.63. The Hall–Kier alpha value is -1.77. The molecule has 2 bridgehead atoms. The topological polar surface area (TPSA) is 90.0 Å². The number of rotatable bonds is 3. The summed E-state index contributed by atoms with van der Waals surface area (Å²) in [7, 11) is -4.23. The number of benzene rings is 1. The second-order valence-corrected chi connectivity index (χ2v) is 7.68. The highest BCUT2D eigenvalue weighted by molar-refractivity contribution is 7.86. The van der Waals surface area contributed by atoms with Crippen molar-refractivity contribution < 1.29 is 27.0 Å². The maximum absolute atomic E-state index is 12.4. The zero-order valence-electron chi connectivity index (χ0n) is 12.3. The fourth-order valence-corrected chi connectivity index (χ4v) is 4.50. The summed E-state index contributed by atoms with van der Waals surface area (Å²) < 4.78 is 35.0. The number of carbonyl (C=O) groups excluding carboxylic acids is 2. The first-order valence-electron chi connectivity index (χ1n) is 7.43. The van der Waals surface area contributed by atoms with Crippen molar-refractivity contribution in [1.29, 1.82) is 0 Å². The van der Waals surface area contributed by atoms with E-state index < -0.39 is 33.8 Å². The molecule has 3 fully saturated rings. The molecule has 3 saturated heterocycles. The van der Waals surface area contributed by atoms with E-state index in [-0.39, 0.29) is 17.1 Å². The third-order valence-corrected chi connectivity index (χ3v) is 5.92. The molecular weight excluding hydrogens is 322 g/mol. The Labute approximate surface area is 133 Å². The zero-order chi connectivity index (χ0) is 16.4. The van der Waals surface area contributed by atoms with Crippen LogP contribution in [0.4, 0.5) is 0 Å². The van der Waals surface area contributed by atoms with Crippen molar-refractivity contribution in [3.63, 3.8) is 0 Å². The van der Waals surface area contributed by atoms with Crippen LogP contribution in [0.25, 0.3) is 0 Å². The minimum atomic E-state index is -4.23. The van der Waals surface area contributed by atoms with Gasteiger partial charge in [0.15, 0.2) is 0 Å². The van der Waals surface area contributed by atoms with Crippen LogP contribution in [0.1, 0.15) is 18.4 Å². The van der Waals surface area contributed by atoms with Crippen molar-refractivity contribution >= 4 is 21.9 Å². The zero-order valence-corrected chi connectivity index (χ0v) is 13.2. The highest BCUT2D eigenvalue weighted by Crippen LogP contribution is 2.48. The lowest BCUT2D eigenvalue weighted by Gasteiger charge is -2.16. The molecule has 0 aromatic heterocycles. The average molecular weight is 337 g/mol. The summed E-state index contributed by atoms with van der Waals surface area (Å²) in [5, 5.41) is 0.415. The third-order valence-electron chi connectivity index (χ3n) is 4.73. The van der Waals surface area contributed by atoms with E-state index >= 15 is 0 Å². The number of amides is 2. The van der Waals surface area contributed by atoms with Crippen LogP contribution < -0.4 is 0 Å². The van der Waals surface area contributed by atoms with E-state index in [1.165, 1.54) is 12.1 Å². The quantitative estimate of drug-likeness (QED) is 0.757. The number of aryl methyl sites for hydroxylation is 1. The van der Waals surface area contributed by atoms with Gasteiger partial charge in [0, 0.05) is 0 Å². The van der Waals surface area contributed by atoms with Crippen LogP contribution in [-0.2, 0) is 28.7 Å². The Morgan fingerprint density at radius 2 is 1.57 bits per heavy atom. The molecule has 1 aromatic carbocycles. The largest absolute Gasteiger partial charge is 0.373 e. The van der Waals surface area contributed by atoms with E-state index in [1.807, 2.05) is 6.92 Å².